The van der Waals surface area contributed by atoms with Gasteiger partial charge in [-0.3, -0.25) is 9.69 Å². The topological polar surface area (TPSA) is 41.6 Å². The van der Waals surface area contributed by atoms with E-state index in [0.717, 1.165) is 78.9 Å². The Morgan fingerprint density at radius 3 is 2.66 bits per heavy atom. The van der Waals surface area contributed by atoms with Gasteiger partial charge in [-0.05, 0) is 72.3 Å². The summed E-state index contributed by atoms with van der Waals surface area (Å²) in [5.41, 5.74) is 5.08. The molecular formula is C26H28BrClN2O2. The number of hydrogen-bond acceptors (Lipinski definition) is 3. The first-order valence-corrected chi connectivity index (χ1v) is 12.3. The summed E-state index contributed by atoms with van der Waals surface area (Å²) in [7, 11) is 0. The van der Waals surface area contributed by atoms with Gasteiger partial charge in [0.15, 0.2) is 0 Å². The van der Waals surface area contributed by atoms with Crippen molar-refractivity contribution in [3.63, 3.8) is 0 Å². The number of ether oxygens (including phenoxy) is 1. The molecule has 168 valence electrons. The zero-order valence-electron chi connectivity index (χ0n) is 18.1. The molecule has 2 aromatic carbocycles. The Morgan fingerprint density at radius 2 is 1.88 bits per heavy atom. The minimum atomic E-state index is 0.00759. The number of morpholine rings is 1. The number of halogens is 2. The average Bonchev–Trinajstić information content (AvgIpc) is 3.16. The molecule has 1 saturated heterocycles. The van der Waals surface area contributed by atoms with Crippen molar-refractivity contribution in [2.45, 2.75) is 19.3 Å². The van der Waals surface area contributed by atoms with Crippen LogP contribution in [0.3, 0.4) is 0 Å². The van der Waals surface area contributed by atoms with Gasteiger partial charge in [-0.15, -0.1) is 0 Å². The van der Waals surface area contributed by atoms with Gasteiger partial charge in [0.25, 0.3) is 5.91 Å². The van der Waals surface area contributed by atoms with Crippen LogP contribution >= 0.6 is 27.5 Å². The predicted octanol–water partition coefficient (Wildman–Crippen LogP) is 5.35. The third-order valence-electron chi connectivity index (χ3n) is 5.90. The van der Waals surface area contributed by atoms with E-state index in [1.807, 2.05) is 42.5 Å². The highest BCUT2D eigenvalue weighted by molar-refractivity contribution is 9.10. The number of nitrogens with one attached hydrogen (secondary N) is 1. The van der Waals surface area contributed by atoms with Gasteiger partial charge in [0.05, 0.1) is 18.8 Å². The zero-order chi connectivity index (χ0) is 22.3. The van der Waals surface area contributed by atoms with Crippen LogP contribution in [0.2, 0.25) is 5.02 Å². The van der Waals surface area contributed by atoms with Crippen LogP contribution in [0, 0.1) is 0 Å². The Hall–Kier alpha value is -1.92. The van der Waals surface area contributed by atoms with E-state index in [2.05, 4.69) is 38.3 Å². The van der Waals surface area contributed by atoms with Crippen LogP contribution < -0.4 is 5.32 Å². The molecule has 2 aliphatic rings. The summed E-state index contributed by atoms with van der Waals surface area (Å²) in [6, 6.07) is 13.9. The molecule has 1 fully saturated rings. The average molecular weight is 516 g/mol. The Kier molecular flexibility index (Phi) is 8.20. The Bertz CT molecular complexity index is 1010. The number of nitrogens with zero attached hydrogens (tertiary/aromatic N) is 1. The normalized spacial score (nSPS) is 16.6. The fourth-order valence-electron chi connectivity index (χ4n) is 4.18. The molecule has 1 aliphatic carbocycles. The largest absolute Gasteiger partial charge is 0.379 e. The quantitative estimate of drug-likeness (QED) is 0.482. The maximum atomic E-state index is 13.2. The lowest BCUT2D eigenvalue weighted by Gasteiger charge is -2.26. The van der Waals surface area contributed by atoms with Crippen molar-refractivity contribution >= 4 is 45.1 Å². The van der Waals surface area contributed by atoms with E-state index in [-0.39, 0.29) is 5.91 Å². The lowest BCUT2D eigenvalue weighted by molar-refractivity contribution is -0.115. The van der Waals surface area contributed by atoms with E-state index >= 15 is 0 Å². The summed E-state index contributed by atoms with van der Waals surface area (Å²) in [4.78, 5) is 15.6. The van der Waals surface area contributed by atoms with E-state index in [9.17, 15) is 4.79 Å². The summed E-state index contributed by atoms with van der Waals surface area (Å²) in [6.45, 7) is 5.42. The molecule has 1 aliphatic heterocycles. The van der Waals surface area contributed by atoms with E-state index < -0.39 is 0 Å². The summed E-state index contributed by atoms with van der Waals surface area (Å²) >= 11 is 9.55. The van der Waals surface area contributed by atoms with Crippen molar-refractivity contribution in [3.05, 3.63) is 80.3 Å². The Balaban J connectivity index is 1.41. The SMILES string of the molecule is O=C(NCCCCN1CCOCC1)C1=C(/C=C/c2ccc(Cl)cc2)Cc2cc(Br)ccc21. The molecule has 6 heteroatoms. The second kappa shape index (κ2) is 11.3. The van der Waals surface area contributed by atoms with Crippen molar-refractivity contribution in [1.29, 1.82) is 0 Å². The molecule has 2 aromatic rings. The molecule has 0 atom stereocenters. The molecule has 0 saturated carbocycles. The fraction of sp³-hybridized carbons (Fsp3) is 0.346. The molecule has 0 spiro atoms. The van der Waals surface area contributed by atoms with Crippen molar-refractivity contribution in [2.24, 2.45) is 0 Å². The highest BCUT2D eigenvalue weighted by Crippen LogP contribution is 2.35. The van der Waals surface area contributed by atoms with Gasteiger partial charge in [0, 0.05) is 29.1 Å². The second-order valence-corrected chi connectivity index (χ2v) is 9.53. The molecule has 0 bridgehead atoms. The van der Waals surface area contributed by atoms with Crippen molar-refractivity contribution in [1.82, 2.24) is 10.2 Å². The first-order valence-electron chi connectivity index (χ1n) is 11.1. The number of hydrogen-bond donors (Lipinski definition) is 1. The van der Waals surface area contributed by atoms with Gasteiger partial charge in [0.2, 0.25) is 0 Å². The molecular weight excluding hydrogens is 488 g/mol. The van der Waals surface area contributed by atoms with Crippen LogP contribution in [-0.2, 0) is 16.0 Å². The number of carbonyl (C=O) groups excluding carboxylic acids is 1. The summed E-state index contributed by atoms with van der Waals surface area (Å²) in [5.74, 6) is 0.00759. The highest BCUT2D eigenvalue weighted by Gasteiger charge is 2.25. The van der Waals surface area contributed by atoms with Crippen LogP contribution in [0.1, 0.15) is 29.5 Å². The number of amides is 1. The fourth-order valence-corrected chi connectivity index (χ4v) is 4.71. The first kappa shape index (κ1) is 23.2. The van der Waals surface area contributed by atoms with Crippen molar-refractivity contribution < 1.29 is 9.53 Å². The Labute approximate surface area is 203 Å². The molecule has 32 heavy (non-hydrogen) atoms. The van der Waals surface area contributed by atoms with E-state index in [1.165, 1.54) is 5.56 Å². The summed E-state index contributed by atoms with van der Waals surface area (Å²) in [6.07, 6.45) is 6.90. The number of unbranched alkanes of at least 4 members (excludes halogenated alkanes) is 1. The lowest BCUT2D eigenvalue weighted by atomic mass is 10.0. The monoisotopic (exact) mass is 514 g/mol. The third kappa shape index (κ3) is 6.10. The molecule has 0 radical (unpaired) electrons. The van der Waals surface area contributed by atoms with Crippen LogP contribution in [0.25, 0.3) is 11.6 Å². The predicted molar refractivity (Wildman–Crippen MR) is 135 cm³/mol. The maximum absolute atomic E-state index is 13.2. The standard InChI is InChI=1S/C26H28BrClN2O2/c27-22-7-10-24-21(18-22)17-20(6-3-19-4-8-23(28)9-5-19)25(24)26(31)29-11-1-2-12-30-13-15-32-16-14-30/h3-10,18H,1-2,11-17H2,(H,29,31)/b6-3+. The van der Waals surface area contributed by atoms with E-state index in [0.29, 0.717) is 11.6 Å². The molecule has 4 rings (SSSR count). The van der Waals surface area contributed by atoms with Gasteiger partial charge in [-0.25, -0.2) is 0 Å². The lowest BCUT2D eigenvalue weighted by Crippen LogP contribution is -2.37. The molecule has 0 aromatic heterocycles. The molecule has 1 N–H and O–H groups in total. The number of benzene rings is 2. The van der Waals surface area contributed by atoms with Crippen molar-refractivity contribution in [2.75, 3.05) is 39.4 Å². The van der Waals surface area contributed by atoms with Crippen molar-refractivity contribution in [3.8, 4) is 0 Å². The third-order valence-corrected chi connectivity index (χ3v) is 6.65. The van der Waals surface area contributed by atoms with Gasteiger partial charge in [0.1, 0.15) is 0 Å². The van der Waals surface area contributed by atoms with Gasteiger partial charge < -0.3 is 10.1 Å². The number of fused-ring (bicyclic) bond motifs is 1. The smallest absolute Gasteiger partial charge is 0.252 e. The molecule has 1 heterocycles. The van der Waals surface area contributed by atoms with Gasteiger partial charge >= 0.3 is 0 Å². The molecule has 4 nitrogen and oxygen atoms in total. The number of rotatable bonds is 8. The Morgan fingerprint density at radius 1 is 1.09 bits per heavy atom. The summed E-state index contributed by atoms with van der Waals surface area (Å²) < 4.78 is 6.43. The minimum absolute atomic E-state index is 0.00759. The van der Waals surface area contributed by atoms with Crippen LogP contribution in [0.5, 0.6) is 0 Å². The maximum Gasteiger partial charge on any atom is 0.252 e. The molecule has 0 unspecified atom stereocenters. The van der Waals surface area contributed by atoms with Crippen LogP contribution in [0.15, 0.2) is 58.6 Å². The van der Waals surface area contributed by atoms with E-state index in [4.69, 9.17) is 16.3 Å². The van der Waals surface area contributed by atoms with E-state index in [1.54, 1.807) is 0 Å². The second-order valence-electron chi connectivity index (χ2n) is 8.18. The van der Waals surface area contributed by atoms with Crippen LogP contribution in [-0.4, -0.2) is 50.2 Å². The van der Waals surface area contributed by atoms with Crippen LogP contribution in [0.4, 0.5) is 0 Å². The minimum Gasteiger partial charge on any atom is -0.379 e. The number of carbonyl (C=O) groups is 1. The highest BCUT2D eigenvalue weighted by atomic mass is 79.9. The molecule has 1 amide bonds. The summed E-state index contributed by atoms with van der Waals surface area (Å²) in [5, 5.41) is 3.87. The first-order chi connectivity index (χ1) is 15.6. The van der Waals surface area contributed by atoms with Gasteiger partial charge in [-0.2, -0.15) is 0 Å². The zero-order valence-corrected chi connectivity index (χ0v) is 20.4. The number of allylic oxidation sites excluding steroid dienone is 2. The van der Waals surface area contributed by atoms with Gasteiger partial charge in [-0.1, -0.05) is 57.9 Å².